The first-order chi connectivity index (χ1) is 11.5. The number of hydrogen-bond donors (Lipinski definition) is 2. The summed E-state index contributed by atoms with van der Waals surface area (Å²) in [6.45, 7) is 2.14. The molecule has 0 spiro atoms. The third-order valence-electron chi connectivity index (χ3n) is 4.24. The standard InChI is InChI=1S/C20H30O4/c1-2-3-6-9-17(21)14-12-16-13-15-19(22)18(16)10-7-4-5-8-11-20(23)24/h4,7,12-14,17-18,21H,2-3,5-6,8-11,15H2,1H3,(H,23,24). The third kappa shape index (κ3) is 8.25. The van der Waals surface area contributed by atoms with Crippen molar-refractivity contribution in [3.63, 3.8) is 0 Å². The minimum Gasteiger partial charge on any atom is -0.481 e. The Bertz CT molecular complexity index is 488. The lowest BCUT2D eigenvalue weighted by molar-refractivity contribution is -0.137. The van der Waals surface area contributed by atoms with E-state index in [1.165, 1.54) is 0 Å². The van der Waals surface area contributed by atoms with Gasteiger partial charge >= 0.3 is 5.97 Å². The van der Waals surface area contributed by atoms with E-state index in [1.54, 1.807) is 6.08 Å². The molecule has 2 atom stereocenters. The molecule has 4 nitrogen and oxygen atoms in total. The molecule has 0 aromatic carbocycles. The van der Waals surface area contributed by atoms with E-state index in [0.29, 0.717) is 19.3 Å². The summed E-state index contributed by atoms with van der Waals surface area (Å²) in [6.07, 6.45) is 15.8. The Hall–Kier alpha value is -1.68. The molecule has 0 amide bonds. The monoisotopic (exact) mass is 334 g/mol. The Morgan fingerprint density at radius 3 is 2.83 bits per heavy atom. The van der Waals surface area contributed by atoms with Gasteiger partial charge in [-0.05, 0) is 31.3 Å². The molecule has 0 aromatic rings. The van der Waals surface area contributed by atoms with Crippen molar-refractivity contribution >= 4 is 11.8 Å². The molecule has 24 heavy (non-hydrogen) atoms. The molecule has 0 aromatic heterocycles. The zero-order valence-electron chi connectivity index (χ0n) is 14.6. The van der Waals surface area contributed by atoms with E-state index in [1.807, 2.05) is 24.3 Å². The maximum absolute atomic E-state index is 12.0. The average molecular weight is 334 g/mol. The van der Waals surface area contributed by atoms with Gasteiger partial charge in [0, 0.05) is 18.8 Å². The summed E-state index contributed by atoms with van der Waals surface area (Å²) in [5.41, 5.74) is 0.990. The van der Waals surface area contributed by atoms with Gasteiger partial charge in [-0.2, -0.15) is 0 Å². The minimum absolute atomic E-state index is 0.125. The molecule has 1 rings (SSSR count). The van der Waals surface area contributed by atoms with Crippen LogP contribution in [0, 0.1) is 5.92 Å². The number of rotatable bonds is 12. The number of ketones is 1. The lowest BCUT2D eigenvalue weighted by Crippen LogP contribution is -2.09. The Morgan fingerprint density at radius 1 is 1.33 bits per heavy atom. The van der Waals surface area contributed by atoms with Gasteiger partial charge in [0.25, 0.3) is 0 Å². The number of allylic oxidation sites excluding steroid dienone is 5. The molecule has 0 saturated heterocycles. The number of carbonyl (C=O) groups excluding carboxylic acids is 1. The highest BCUT2D eigenvalue weighted by Crippen LogP contribution is 2.27. The summed E-state index contributed by atoms with van der Waals surface area (Å²) in [5.74, 6) is -0.688. The fraction of sp³-hybridized carbons (Fsp3) is 0.600. The number of unbranched alkanes of at least 4 members (excludes halogenated alkanes) is 3. The molecular formula is C20H30O4. The van der Waals surface area contributed by atoms with Gasteiger partial charge in [-0.1, -0.05) is 56.6 Å². The van der Waals surface area contributed by atoms with Gasteiger partial charge < -0.3 is 10.2 Å². The number of carbonyl (C=O) groups is 2. The van der Waals surface area contributed by atoms with Crippen molar-refractivity contribution in [2.24, 2.45) is 5.92 Å². The molecule has 0 fully saturated rings. The molecule has 1 aliphatic carbocycles. The van der Waals surface area contributed by atoms with Crippen LogP contribution < -0.4 is 0 Å². The zero-order valence-corrected chi connectivity index (χ0v) is 14.6. The maximum atomic E-state index is 12.0. The van der Waals surface area contributed by atoms with Gasteiger partial charge in [-0.15, -0.1) is 0 Å². The normalized spacial score (nSPS) is 19.3. The SMILES string of the molecule is CCCCCC(O)C=CC1=CCC(=O)C1CC=CCCCC(=O)O. The van der Waals surface area contributed by atoms with Gasteiger partial charge in [-0.25, -0.2) is 0 Å². The van der Waals surface area contributed by atoms with Crippen molar-refractivity contribution in [3.05, 3.63) is 36.0 Å². The van der Waals surface area contributed by atoms with Gasteiger partial charge in [0.15, 0.2) is 0 Å². The van der Waals surface area contributed by atoms with Crippen LogP contribution >= 0.6 is 0 Å². The first-order valence-corrected chi connectivity index (χ1v) is 9.00. The molecule has 2 N–H and O–H groups in total. The van der Waals surface area contributed by atoms with Crippen LogP contribution in [0.3, 0.4) is 0 Å². The molecule has 0 heterocycles. The highest BCUT2D eigenvalue weighted by molar-refractivity contribution is 5.89. The first kappa shape index (κ1) is 20.4. The molecular weight excluding hydrogens is 304 g/mol. The van der Waals surface area contributed by atoms with Gasteiger partial charge in [0.05, 0.1) is 6.10 Å². The van der Waals surface area contributed by atoms with Crippen LogP contribution in [0.5, 0.6) is 0 Å². The van der Waals surface area contributed by atoms with E-state index in [9.17, 15) is 14.7 Å². The molecule has 0 bridgehead atoms. The van der Waals surface area contributed by atoms with Crippen LogP contribution in [-0.2, 0) is 9.59 Å². The summed E-state index contributed by atoms with van der Waals surface area (Å²) in [5, 5.41) is 18.5. The quantitative estimate of drug-likeness (QED) is 0.414. The predicted molar refractivity (Wildman–Crippen MR) is 95.7 cm³/mol. The van der Waals surface area contributed by atoms with Crippen molar-refractivity contribution in [2.75, 3.05) is 0 Å². The Balaban J connectivity index is 2.39. The second-order valence-electron chi connectivity index (χ2n) is 6.34. The van der Waals surface area contributed by atoms with Crippen LogP contribution in [0.4, 0.5) is 0 Å². The Morgan fingerprint density at radius 2 is 2.12 bits per heavy atom. The fourth-order valence-electron chi connectivity index (χ4n) is 2.78. The van der Waals surface area contributed by atoms with E-state index >= 15 is 0 Å². The molecule has 4 heteroatoms. The van der Waals surface area contributed by atoms with E-state index in [0.717, 1.165) is 37.7 Å². The highest BCUT2D eigenvalue weighted by Gasteiger charge is 2.24. The summed E-state index contributed by atoms with van der Waals surface area (Å²) in [4.78, 5) is 22.4. The van der Waals surface area contributed by atoms with Crippen molar-refractivity contribution in [1.29, 1.82) is 0 Å². The number of aliphatic hydroxyl groups excluding tert-OH is 1. The topological polar surface area (TPSA) is 74.6 Å². The number of aliphatic carboxylic acids is 1. The van der Waals surface area contributed by atoms with Gasteiger partial charge in [0.1, 0.15) is 5.78 Å². The van der Waals surface area contributed by atoms with Crippen molar-refractivity contribution in [3.8, 4) is 0 Å². The Labute approximate surface area is 145 Å². The van der Waals surface area contributed by atoms with Crippen LogP contribution in [0.1, 0.15) is 64.7 Å². The van der Waals surface area contributed by atoms with Crippen molar-refractivity contribution in [1.82, 2.24) is 0 Å². The number of carboxylic acid groups (broad SMARTS) is 1. The Kier molecular flexibility index (Phi) is 10.0. The molecule has 0 aliphatic heterocycles. The van der Waals surface area contributed by atoms with E-state index in [2.05, 4.69) is 6.92 Å². The molecule has 1 aliphatic rings. The third-order valence-corrected chi connectivity index (χ3v) is 4.24. The van der Waals surface area contributed by atoms with Crippen LogP contribution in [0.25, 0.3) is 0 Å². The van der Waals surface area contributed by atoms with Gasteiger partial charge in [0.2, 0.25) is 0 Å². The number of carboxylic acids is 1. The lowest BCUT2D eigenvalue weighted by Gasteiger charge is -2.09. The molecule has 134 valence electrons. The average Bonchev–Trinajstić information content (AvgIpc) is 2.89. The fourth-order valence-corrected chi connectivity index (χ4v) is 2.78. The summed E-state index contributed by atoms with van der Waals surface area (Å²) < 4.78 is 0. The van der Waals surface area contributed by atoms with E-state index < -0.39 is 12.1 Å². The summed E-state index contributed by atoms with van der Waals surface area (Å²) in [7, 11) is 0. The van der Waals surface area contributed by atoms with Crippen LogP contribution in [0.2, 0.25) is 0 Å². The number of hydrogen-bond acceptors (Lipinski definition) is 3. The zero-order chi connectivity index (χ0) is 17.8. The minimum atomic E-state index is -0.776. The van der Waals surface area contributed by atoms with Crippen molar-refractivity contribution in [2.45, 2.75) is 70.8 Å². The summed E-state index contributed by atoms with van der Waals surface area (Å²) >= 11 is 0. The molecule has 0 radical (unpaired) electrons. The van der Waals surface area contributed by atoms with Crippen LogP contribution in [-0.4, -0.2) is 28.1 Å². The largest absolute Gasteiger partial charge is 0.481 e. The number of Topliss-reactive ketones (excluding diaryl/α,β-unsaturated/α-hetero) is 1. The second kappa shape index (κ2) is 11.8. The van der Waals surface area contributed by atoms with Crippen LogP contribution in [0.15, 0.2) is 36.0 Å². The van der Waals surface area contributed by atoms with E-state index in [4.69, 9.17) is 5.11 Å². The van der Waals surface area contributed by atoms with Gasteiger partial charge in [-0.3, -0.25) is 9.59 Å². The van der Waals surface area contributed by atoms with E-state index in [-0.39, 0.29) is 18.1 Å². The second-order valence-corrected chi connectivity index (χ2v) is 6.34. The summed E-state index contributed by atoms with van der Waals surface area (Å²) in [6, 6.07) is 0. The molecule has 2 unspecified atom stereocenters. The lowest BCUT2D eigenvalue weighted by atomic mass is 9.95. The van der Waals surface area contributed by atoms with Crippen molar-refractivity contribution < 1.29 is 19.8 Å². The molecule has 0 saturated carbocycles. The smallest absolute Gasteiger partial charge is 0.303 e. The predicted octanol–water partition coefficient (Wildman–Crippen LogP) is 4.20. The first-order valence-electron chi connectivity index (χ1n) is 9.00. The highest BCUT2D eigenvalue weighted by atomic mass is 16.4. The maximum Gasteiger partial charge on any atom is 0.303 e. The number of aliphatic hydroxyl groups is 1.